The second kappa shape index (κ2) is 5.13. The lowest BCUT2D eigenvalue weighted by molar-refractivity contribution is 0.0725. The molecule has 1 amide bonds. The van der Waals surface area contributed by atoms with Crippen LogP contribution in [0.15, 0.2) is 39.5 Å². The second-order valence-electron chi connectivity index (χ2n) is 4.90. The van der Waals surface area contributed by atoms with E-state index in [0.29, 0.717) is 18.0 Å². The van der Waals surface area contributed by atoms with E-state index < -0.39 is 0 Å². The van der Waals surface area contributed by atoms with Crippen LogP contribution in [-0.2, 0) is 13.0 Å². The zero-order valence-corrected chi connectivity index (χ0v) is 12.7. The van der Waals surface area contributed by atoms with Gasteiger partial charge in [0.15, 0.2) is 11.5 Å². The first-order valence-electron chi connectivity index (χ1n) is 6.66. The molecule has 1 aliphatic heterocycles. The van der Waals surface area contributed by atoms with Crippen molar-refractivity contribution in [2.24, 2.45) is 0 Å². The Bertz CT molecular complexity index is 773. The minimum atomic E-state index is -0.0570. The first-order chi connectivity index (χ1) is 10.3. The van der Waals surface area contributed by atoms with Gasteiger partial charge in [-0.3, -0.25) is 4.79 Å². The van der Waals surface area contributed by atoms with E-state index >= 15 is 0 Å². The number of nitrogens with zero attached hydrogens (tertiary/aromatic N) is 2. The average molecular weight is 316 g/mol. The summed E-state index contributed by atoms with van der Waals surface area (Å²) in [5.41, 5.74) is 1.64. The molecule has 0 radical (unpaired) electrons. The maximum Gasteiger partial charge on any atom is 0.276 e. The second-order valence-corrected chi connectivity index (χ2v) is 6.85. The Balaban J connectivity index is 1.56. The number of aromatic nitrogens is 1. The van der Waals surface area contributed by atoms with E-state index in [0.717, 1.165) is 17.8 Å². The molecule has 0 fully saturated rings. The third kappa shape index (κ3) is 2.30. The van der Waals surface area contributed by atoms with Crippen LogP contribution in [0, 0.1) is 0 Å². The third-order valence-electron chi connectivity index (χ3n) is 3.59. The van der Waals surface area contributed by atoms with Crippen LogP contribution in [0.5, 0.6) is 0 Å². The maximum absolute atomic E-state index is 12.5. The Labute approximate surface area is 129 Å². The van der Waals surface area contributed by atoms with E-state index in [1.807, 2.05) is 22.4 Å². The number of hydrogen-bond acceptors (Lipinski definition) is 5. The number of hydrogen-bond donors (Lipinski definition) is 0. The van der Waals surface area contributed by atoms with E-state index in [4.69, 9.17) is 4.52 Å². The molecule has 21 heavy (non-hydrogen) atoms. The highest BCUT2D eigenvalue weighted by atomic mass is 32.1. The van der Waals surface area contributed by atoms with Crippen molar-refractivity contribution in [2.75, 3.05) is 6.54 Å². The molecule has 0 atom stereocenters. The number of rotatable bonds is 2. The molecule has 0 saturated carbocycles. The molecule has 4 rings (SSSR count). The van der Waals surface area contributed by atoms with Crippen LogP contribution in [-0.4, -0.2) is 22.5 Å². The molecule has 0 saturated heterocycles. The molecule has 3 aromatic heterocycles. The van der Waals surface area contributed by atoms with Gasteiger partial charge in [0.25, 0.3) is 5.91 Å². The van der Waals surface area contributed by atoms with Crippen LogP contribution in [0.2, 0.25) is 0 Å². The summed E-state index contributed by atoms with van der Waals surface area (Å²) in [6.07, 6.45) is 0.925. The largest absolute Gasteiger partial charge is 0.355 e. The summed E-state index contributed by atoms with van der Waals surface area (Å²) in [4.78, 5) is 16.7. The summed E-state index contributed by atoms with van der Waals surface area (Å²) < 4.78 is 5.29. The molecule has 0 bridgehead atoms. The first-order valence-corrected chi connectivity index (χ1v) is 8.42. The van der Waals surface area contributed by atoms with Crippen molar-refractivity contribution >= 4 is 28.6 Å². The molecule has 106 valence electrons. The number of amides is 1. The Morgan fingerprint density at radius 1 is 1.29 bits per heavy atom. The van der Waals surface area contributed by atoms with Gasteiger partial charge in [0.1, 0.15) is 0 Å². The van der Waals surface area contributed by atoms with Crippen molar-refractivity contribution in [3.63, 3.8) is 0 Å². The lowest BCUT2D eigenvalue weighted by atomic mass is 10.1. The molecule has 4 heterocycles. The lowest BCUT2D eigenvalue weighted by Gasteiger charge is -2.26. The molecular formula is C15H12N2O2S2. The minimum absolute atomic E-state index is 0.0570. The van der Waals surface area contributed by atoms with Crippen LogP contribution in [0.1, 0.15) is 20.9 Å². The summed E-state index contributed by atoms with van der Waals surface area (Å²) >= 11 is 3.34. The quantitative estimate of drug-likeness (QED) is 0.725. The van der Waals surface area contributed by atoms with Gasteiger partial charge in [-0.2, -0.15) is 0 Å². The highest BCUT2D eigenvalue weighted by molar-refractivity contribution is 7.13. The number of fused-ring (bicyclic) bond motifs is 1. The van der Waals surface area contributed by atoms with Gasteiger partial charge in [-0.15, -0.1) is 22.7 Å². The lowest BCUT2D eigenvalue weighted by Crippen LogP contribution is -2.35. The van der Waals surface area contributed by atoms with Gasteiger partial charge in [0, 0.05) is 24.0 Å². The molecule has 6 heteroatoms. The fraction of sp³-hybridized carbons (Fsp3) is 0.200. The zero-order chi connectivity index (χ0) is 14.2. The standard InChI is InChI=1S/C15H12N2O2S2/c18-15(17-5-3-13-10(9-17)4-7-21-13)11-8-12(19-16-11)14-2-1-6-20-14/h1-2,4,6-8H,3,5,9H2. The molecule has 0 aliphatic carbocycles. The van der Waals surface area contributed by atoms with Crippen LogP contribution in [0.4, 0.5) is 0 Å². The van der Waals surface area contributed by atoms with Crippen molar-refractivity contribution in [3.8, 4) is 10.6 Å². The van der Waals surface area contributed by atoms with E-state index in [1.54, 1.807) is 28.7 Å². The number of thiophene rings is 2. The predicted molar refractivity (Wildman–Crippen MR) is 82.6 cm³/mol. The van der Waals surface area contributed by atoms with Gasteiger partial charge in [-0.25, -0.2) is 0 Å². The Morgan fingerprint density at radius 2 is 2.24 bits per heavy atom. The van der Waals surface area contributed by atoms with Crippen molar-refractivity contribution in [1.82, 2.24) is 10.1 Å². The Morgan fingerprint density at radius 3 is 3.10 bits per heavy atom. The van der Waals surface area contributed by atoms with Crippen LogP contribution < -0.4 is 0 Å². The van der Waals surface area contributed by atoms with Crippen molar-refractivity contribution in [3.05, 3.63) is 51.2 Å². The first kappa shape index (κ1) is 12.8. The van der Waals surface area contributed by atoms with Crippen molar-refractivity contribution < 1.29 is 9.32 Å². The molecule has 0 spiro atoms. The van der Waals surface area contributed by atoms with Crippen molar-refractivity contribution in [1.29, 1.82) is 0 Å². The van der Waals surface area contributed by atoms with Gasteiger partial charge in [0.05, 0.1) is 4.88 Å². The molecule has 3 aromatic rings. The summed E-state index contributed by atoms with van der Waals surface area (Å²) in [6, 6.07) is 7.74. The molecule has 0 aromatic carbocycles. The summed E-state index contributed by atoms with van der Waals surface area (Å²) in [5.74, 6) is 0.597. The molecule has 4 nitrogen and oxygen atoms in total. The van der Waals surface area contributed by atoms with Crippen LogP contribution in [0.25, 0.3) is 10.6 Å². The average Bonchev–Trinajstić information content (AvgIpc) is 3.24. The van der Waals surface area contributed by atoms with E-state index in [2.05, 4.69) is 16.6 Å². The highest BCUT2D eigenvalue weighted by Gasteiger charge is 2.25. The molecule has 1 aliphatic rings. The molecular weight excluding hydrogens is 304 g/mol. The van der Waals surface area contributed by atoms with Gasteiger partial charge < -0.3 is 9.42 Å². The number of carbonyl (C=O) groups excluding carboxylic acids is 1. The van der Waals surface area contributed by atoms with Gasteiger partial charge in [0.2, 0.25) is 0 Å². The fourth-order valence-corrected chi connectivity index (χ4v) is 4.06. The van der Waals surface area contributed by atoms with Crippen LogP contribution in [0.3, 0.4) is 0 Å². The zero-order valence-electron chi connectivity index (χ0n) is 11.1. The SMILES string of the molecule is O=C(c1cc(-c2cccs2)on1)N1CCc2sccc2C1. The van der Waals surface area contributed by atoms with E-state index in [1.165, 1.54) is 10.4 Å². The van der Waals surface area contributed by atoms with Gasteiger partial charge >= 0.3 is 0 Å². The van der Waals surface area contributed by atoms with E-state index in [9.17, 15) is 4.79 Å². The van der Waals surface area contributed by atoms with Crippen molar-refractivity contribution in [2.45, 2.75) is 13.0 Å². The normalized spacial score (nSPS) is 14.2. The predicted octanol–water partition coefficient (Wildman–Crippen LogP) is 3.66. The molecule has 0 unspecified atom stereocenters. The van der Waals surface area contributed by atoms with Gasteiger partial charge in [-0.05, 0) is 34.9 Å². The fourth-order valence-electron chi connectivity index (χ4n) is 2.49. The minimum Gasteiger partial charge on any atom is -0.355 e. The van der Waals surface area contributed by atoms with Crippen LogP contribution >= 0.6 is 22.7 Å². The summed E-state index contributed by atoms with van der Waals surface area (Å²) in [7, 11) is 0. The summed E-state index contributed by atoms with van der Waals surface area (Å²) in [5, 5.41) is 8.00. The monoisotopic (exact) mass is 316 g/mol. The Hall–Kier alpha value is -1.92. The summed E-state index contributed by atoms with van der Waals surface area (Å²) in [6.45, 7) is 1.41. The Kier molecular flexibility index (Phi) is 3.12. The molecule has 0 N–H and O–H groups in total. The number of carbonyl (C=O) groups is 1. The maximum atomic E-state index is 12.5. The topological polar surface area (TPSA) is 46.3 Å². The van der Waals surface area contributed by atoms with Gasteiger partial charge in [-0.1, -0.05) is 11.2 Å². The highest BCUT2D eigenvalue weighted by Crippen LogP contribution is 2.27. The smallest absolute Gasteiger partial charge is 0.276 e. The third-order valence-corrected chi connectivity index (χ3v) is 5.50. The van der Waals surface area contributed by atoms with E-state index in [-0.39, 0.29) is 5.91 Å².